The molecule has 0 atom stereocenters. The van der Waals surface area contributed by atoms with Gasteiger partial charge < -0.3 is 9.80 Å². The molecule has 1 fully saturated rings. The van der Waals surface area contributed by atoms with Crippen LogP contribution in [0.25, 0.3) is 0 Å². The highest BCUT2D eigenvalue weighted by atomic mass is 127. The van der Waals surface area contributed by atoms with Crippen molar-refractivity contribution in [3.8, 4) is 0 Å². The molecule has 0 aromatic carbocycles. The van der Waals surface area contributed by atoms with Gasteiger partial charge in [0, 0.05) is 53.7 Å². The molecule has 1 aliphatic rings. The van der Waals surface area contributed by atoms with Crippen LogP contribution in [0.2, 0.25) is 0 Å². The summed E-state index contributed by atoms with van der Waals surface area (Å²) < 4.78 is 1.07. The Morgan fingerprint density at radius 2 is 1.67 bits per heavy atom. The molecule has 0 bridgehead atoms. The Kier molecular flexibility index (Phi) is 3.59. The molecule has 0 N–H and O–H groups in total. The number of aromatic nitrogens is 3. The third kappa shape index (κ3) is 2.56. The van der Waals surface area contributed by atoms with E-state index in [9.17, 15) is 0 Å². The van der Waals surface area contributed by atoms with E-state index in [2.05, 4.69) is 47.3 Å². The molecular formula is C11H12IN5S. The topological polar surface area (TPSA) is 45.2 Å². The van der Waals surface area contributed by atoms with E-state index in [1.165, 1.54) is 0 Å². The van der Waals surface area contributed by atoms with Crippen LogP contribution in [0.15, 0.2) is 24.0 Å². The van der Waals surface area contributed by atoms with E-state index >= 15 is 0 Å². The molecule has 2 aromatic heterocycles. The Morgan fingerprint density at radius 3 is 2.28 bits per heavy atom. The lowest BCUT2D eigenvalue weighted by molar-refractivity contribution is 0.638. The Balaban J connectivity index is 1.65. The largest absolute Gasteiger partial charge is 0.345 e. The number of anilines is 2. The summed E-state index contributed by atoms with van der Waals surface area (Å²) in [5.74, 6) is 0.828. The molecule has 5 nitrogen and oxygen atoms in total. The highest BCUT2D eigenvalue weighted by molar-refractivity contribution is 14.1. The van der Waals surface area contributed by atoms with Crippen LogP contribution in [0.3, 0.4) is 0 Å². The Hall–Kier alpha value is -0.960. The summed E-state index contributed by atoms with van der Waals surface area (Å²) in [5.41, 5.74) is 0. The average molecular weight is 373 g/mol. The van der Waals surface area contributed by atoms with Crippen LogP contribution in [0.5, 0.6) is 0 Å². The van der Waals surface area contributed by atoms with Crippen LogP contribution in [0.4, 0.5) is 11.1 Å². The van der Waals surface area contributed by atoms with E-state index in [0.717, 1.165) is 40.8 Å². The number of thiazole rings is 1. The molecule has 94 valence electrons. The second-order valence-electron chi connectivity index (χ2n) is 3.99. The number of halogens is 1. The SMILES string of the molecule is Ic1cnc(N2CCN(c3nccs3)CC2)nc1. The van der Waals surface area contributed by atoms with E-state index in [-0.39, 0.29) is 0 Å². The van der Waals surface area contributed by atoms with E-state index in [4.69, 9.17) is 0 Å². The summed E-state index contributed by atoms with van der Waals surface area (Å²) in [6, 6.07) is 0. The maximum atomic E-state index is 4.37. The Morgan fingerprint density at radius 1 is 1.00 bits per heavy atom. The zero-order valence-corrected chi connectivity index (χ0v) is 12.6. The quantitative estimate of drug-likeness (QED) is 0.753. The first-order valence-electron chi connectivity index (χ1n) is 5.70. The van der Waals surface area contributed by atoms with Crippen molar-refractivity contribution >= 4 is 45.0 Å². The second-order valence-corrected chi connectivity index (χ2v) is 6.11. The number of piperazine rings is 1. The Labute approximate surface area is 123 Å². The van der Waals surface area contributed by atoms with Crippen molar-refractivity contribution in [3.63, 3.8) is 0 Å². The first-order valence-corrected chi connectivity index (χ1v) is 7.66. The molecule has 3 heterocycles. The van der Waals surface area contributed by atoms with Crippen molar-refractivity contribution in [3.05, 3.63) is 27.5 Å². The molecular weight excluding hydrogens is 361 g/mol. The maximum absolute atomic E-state index is 4.37. The number of hydrogen-bond acceptors (Lipinski definition) is 6. The fraction of sp³-hybridized carbons (Fsp3) is 0.364. The lowest BCUT2D eigenvalue weighted by Crippen LogP contribution is -2.47. The van der Waals surface area contributed by atoms with Gasteiger partial charge in [0.15, 0.2) is 5.13 Å². The van der Waals surface area contributed by atoms with E-state index in [1.807, 2.05) is 24.0 Å². The summed E-state index contributed by atoms with van der Waals surface area (Å²) in [7, 11) is 0. The number of nitrogens with zero attached hydrogens (tertiary/aromatic N) is 5. The van der Waals surface area contributed by atoms with E-state index < -0.39 is 0 Å². The number of rotatable bonds is 2. The molecule has 1 saturated heterocycles. The fourth-order valence-electron chi connectivity index (χ4n) is 1.94. The zero-order chi connectivity index (χ0) is 12.4. The standard InChI is InChI=1S/C11H12IN5S/c12-9-7-14-10(15-8-9)16-2-4-17(5-3-16)11-13-1-6-18-11/h1,6-8H,2-5H2. The fourth-order valence-corrected chi connectivity index (χ4v) is 2.91. The average Bonchev–Trinajstić information content (AvgIpc) is 2.94. The second kappa shape index (κ2) is 5.35. The molecule has 2 aromatic rings. The van der Waals surface area contributed by atoms with Crippen molar-refractivity contribution in [1.29, 1.82) is 0 Å². The molecule has 0 amide bonds. The summed E-state index contributed by atoms with van der Waals surface area (Å²) in [6.45, 7) is 3.84. The van der Waals surface area contributed by atoms with Crippen molar-refractivity contribution in [2.75, 3.05) is 36.0 Å². The molecule has 0 aliphatic carbocycles. The predicted molar refractivity (Wildman–Crippen MR) is 81.3 cm³/mol. The minimum Gasteiger partial charge on any atom is -0.345 e. The van der Waals surface area contributed by atoms with Crippen molar-refractivity contribution in [2.45, 2.75) is 0 Å². The maximum Gasteiger partial charge on any atom is 0.225 e. The monoisotopic (exact) mass is 373 g/mol. The van der Waals surface area contributed by atoms with Crippen molar-refractivity contribution in [1.82, 2.24) is 15.0 Å². The zero-order valence-electron chi connectivity index (χ0n) is 9.66. The summed E-state index contributed by atoms with van der Waals surface area (Å²) in [5, 5.41) is 3.13. The van der Waals surface area contributed by atoms with Crippen molar-refractivity contribution < 1.29 is 0 Å². The van der Waals surface area contributed by atoms with E-state index in [1.54, 1.807) is 11.3 Å². The lowest BCUT2D eigenvalue weighted by Gasteiger charge is -2.34. The molecule has 3 rings (SSSR count). The highest BCUT2D eigenvalue weighted by Gasteiger charge is 2.20. The van der Waals surface area contributed by atoms with Crippen LogP contribution < -0.4 is 9.80 Å². The van der Waals surface area contributed by atoms with Crippen LogP contribution >= 0.6 is 33.9 Å². The first-order chi connectivity index (χ1) is 8.83. The van der Waals surface area contributed by atoms with Gasteiger partial charge in [-0.2, -0.15) is 0 Å². The molecule has 0 unspecified atom stereocenters. The van der Waals surface area contributed by atoms with Crippen LogP contribution in [-0.4, -0.2) is 41.1 Å². The normalized spacial score (nSPS) is 16.1. The molecule has 18 heavy (non-hydrogen) atoms. The lowest BCUT2D eigenvalue weighted by atomic mass is 10.3. The molecule has 7 heteroatoms. The Bertz CT molecular complexity index is 493. The minimum atomic E-state index is 0.828. The number of hydrogen-bond donors (Lipinski definition) is 0. The summed E-state index contributed by atoms with van der Waals surface area (Å²) >= 11 is 3.91. The van der Waals surface area contributed by atoms with Gasteiger partial charge in [-0.15, -0.1) is 11.3 Å². The van der Waals surface area contributed by atoms with E-state index in [0.29, 0.717) is 0 Å². The van der Waals surface area contributed by atoms with Gasteiger partial charge in [-0.05, 0) is 22.6 Å². The van der Waals surface area contributed by atoms with Gasteiger partial charge >= 0.3 is 0 Å². The van der Waals surface area contributed by atoms with Gasteiger partial charge in [0.05, 0.1) is 0 Å². The minimum absolute atomic E-state index is 0.828. The van der Waals surface area contributed by atoms with Gasteiger partial charge in [-0.3, -0.25) is 0 Å². The van der Waals surface area contributed by atoms with Gasteiger partial charge in [0.2, 0.25) is 5.95 Å². The molecule has 1 aliphatic heterocycles. The molecule has 0 saturated carbocycles. The van der Waals surface area contributed by atoms with Crippen LogP contribution in [0, 0.1) is 3.57 Å². The molecule has 0 spiro atoms. The predicted octanol–water partition coefficient (Wildman–Crippen LogP) is 1.86. The van der Waals surface area contributed by atoms with Crippen molar-refractivity contribution in [2.24, 2.45) is 0 Å². The first kappa shape index (κ1) is 12.1. The van der Waals surface area contributed by atoms with Gasteiger partial charge in [0.25, 0.3) is 0 Å². The van der Waals surface area contributed by atoms with Gasteiger partial charge in [-0.25, -0.2) is 15.0 Å². The third-order valence-electron chi connectivity index (χ3n) is 2.86. The highest BCUT2D eigenvalue weighted by Crippen LogP contribution is 2.20. The smallest absolute Gasteiger partial charge is 0.225 e. The summed E-state index contributed by atoms with van der Waals surface area (Å²) in [4.78, 5) is 17.6. The van der Waals surface area contributed by atoms with Crippen LogP contribution in [0.1, 0.15) is 0 Å². The van der Waals surface area contributed by atoms with Crippen LogP contribution in [-0.2, 0) is 0 Å². The van der Waals surface area contributed by atoms with Gasteiger partial charge in [-0.1, -0.05) is 0 Å². The van der Waals surface area contributed by atoms with Gasteiger partial charge in [0.1, 0.15) is 0 Å². The molecule has 0 radical (unpaired) electrons. The summed E-state index contributed by atoms with van der Waals surface area (Å²) in [6.07, 6.45) is 5.57. The third-order valence-corrected chi connectivity index (χ3v) is 4.25.